The minimum atomic E-state index is -0.520. The Bertz CT molecular complexity index is 836. The van der Waals surface area contributed by atoms with Crippen LogP contribution in [0.25, 0.3) is 0 Å². The van der Waals surface area contributed by atoms with Gasteiger partial charge in [-0.05, 0) is 17.7 Å². The minimum Gasteiger partial charge on any atom is -0.441 e. The average molecular weight is 301 g/mol. The number of nitrogens with one attached hydrogen (secondary N) is 1. The van der Waals surface area contributed by atoms with Gasteiger partial charge in [-0.25, -0.2) is 4.79 Å². The largest absolute Gasteiger partial charge is 0.441 e. The molecule has 0 radical (unpaired) electrons. The second kappa shape index (κ2) is 6.73. The van der Waals surface area contributed by atoms with E-state index in [1.807, 2.05) is 48.5 Å². The van der Waals surface area contributed by atoms with Gasteiger partial charge in [0.25, 0.3) is 0 Å². The Kier molecular flexibility index (Phi) is 4.32. The number of hydrogen-bond donors (Lipinski definition) is 1. The Morgan fingerprint density at radius 3 is 2.70 bits per heavy atom. The van der Waals surface area contributed by atoms with E-state index in [-0.39, 0.29) is 6.54 Å². The highest BCUT2D eigenvalue weighted by atomic mass is 16.6. The molecule has 0 bridgehead atoms. The highest BCUT2D eigenvalue weighted by Gasteiger charge is 2.22. The molecule has 0 aliphatic heterocycles. The van der Waals surface area contributed by atoms with Crippen LogP contribution >= 0.6 is 0 Å². The minimum absolute atomic E-state index is 0.142. The van der Waals surface area contributed by atoms with E-state index in [4.69, 9.17) is 11.2 Å². The van der Waals surface area contributed by atoms with E-state index < -0.39 is 12.2 Å². The molecule has 1 amide bonds. The third-order valence-corrected chi connectivity index (χ3v) is 3.65. The monoisotopic (exact) mass is 301 g/mol. The highest BCUT2D eigenvalue weighted by Crippen LogP contribution is 2.28. The van der Waals surface area contributed by atoms with Crippen molar-refractivity contribution in [1.29, 1.82) is 0 Å². The van der Waals surface area contributed by atoms with E-state index in [0.717, 1.165) is 22.3 Å². The summed E-state index contributed by atoms with van der Waals surface area (Å²) in [6.45, 7) is 0.142. The second-order valence-electron chi connectivity index (χ2n) is 5.15. The predicted octanol–water partition coefficient (Wildman–Crippen LogP) is 3.04. The molecule has 0 saturated carbocycles. The third-order valence-electron chi connectivity index (χ3n) is 3.65. The van der Waals surface area contributed by atoms with Crippen LogP contribution in [0.1, 0.15) is 28.4 Å². The van der Waals surface area contributed by atoms with E-state index in [2.05, 4.69) is 23.1 Å². The van der Waals surface area contributed by atoms with Crippen LogP contribution in [0.5, 0.6) is 0 Å². The van der Waals surface area contributed by atoms with E-state index in [1.54, 1.807) is 0 Å². The van der Waals surface area contributed by atoms with Crippen LogP contribution in [-0.2, 0) is 11.2 Å². The number of hydrogen-bond acceptors (Lipinski definition) is 2. The number of terminal acetylenes is 1. The fourth-order valence-corrected chi connectivity index (χ4v) is 2.56. The topological polar surface area (TPSA) is 38.3 Å². The Hall–Kier alpha value is -3.17. The third kappa shape index (κ3) is 3.36. The molecule has 2 aromatic carbocycles. The summed E-state index contributed by atoms with van der Waals surface area (Å²) < 4.78 is 5.60. The van der Waals surface area contributed by atoms with Crippen molar-refractivity contribution in [3.05, 3.63) is 70.8 Å². The van der Waals surface area contributed by atoms with Gasteiger partial charge in [0.15, 0.2) is 0 Å². The van der Waals surface area contributed by atoms with Gasteiger partial charge in [-0.15, -0.1) is 6.42 Å². The molecule has 0 heterocycles. The zero-order valence-electron chi connectivity index (χ0n) is 12.5. The summed E-state index contributed by atoms with van der Waals surface area (Å²) in [4.78, 5) is 11.9. The maximum atomic E-state index is 11.9. The molecule has 3 heteroatoms. The van der Waals surface area contributed by atoms with Crippen molar-refractivity contribution in [3.63, 3.8) is 0 Å². The number of alkyl carbamates (subject to hydrolysis) is 1. The molecule has 1 N–H and O–H groups in total. The Labute approximate surface area is 135 Å². The molecular weight excluding hydrogens is 286 g/mol. The SMILES string of the molecule is C#CCNC(=O)OC1Cc2ccccc2C#Cc2ccccc21. The Balaban J connectivity index is 1.98. The van der Waals surface area contributed by atoms with Crippen molar-refractivity contribution in [3.8, 4) is 24.2 Å². The van der Waals surface area contributed by atoms with Crippen LogP contribution in [0.3, 0.4) is 0 Å². The lowest BCUT2D eigenvalue weighted by Crippen LogP contribution is -2.27. The molecule has 0 spiro atoms. The number of ether oxygens (including phenoxy) is 1. The quantitative estimate of drug-likeness (QED) is 0.866. The van der Waals surface area contributed by atoms with Gasteiger partial charge < -0.3 is 10.1 Å². The van der Waals surface area contributed by atoms with Crippen LogP contribution in [0.2, 0.25) is 0 Å². The number of carbonyl (C=O) groups excluding carboxylic acids is 1. The molecule has 3 nitrogen and oxygen atoms in total. The van der Waals surface area contributed by atoms with E-state index in [0.29, 0.717) is 6.42 Å². The Morgan fingerprint density at radius 1 is 1.17 bits per heavy atom. The molecule has 1 unspecified atom stereocenters. The van der Waals surface area contributed by atoms with Gasteiger partial charge >= 0.3 is 6.09 Å². The normalized spacial score (nSPS) is 14.7. The predicted molar refractivity (Wildman–Crippen MR) is 88.6 cm³/mol. The van der Waals surface area contributed by atoms with E-state index in [1.165, 1.54) is 0 Å². The van der Waals surface area contributed by atoms with Gasteiger partial charge in [-0.3, -0.25) is 0 Å². The summed E-state index contributed by atoms with van der Waals surface area (Å²) in [7, 11) is 0. The van der Waals surface area contributed by atoms with Gasteiger partial charge in [0, 0.05) is 23.1 Å². The number of benzene rings is 2. The lowest BCUT2D eigenvalue weighted by Gasteiger charge is -2.21. The first-order valence-electron chi connectivity index (χ1n) is 7.34. The summed E-state index contributed by atoms with van der Waals surface area (Å²) in [5.41, 5.74) is 3.80. The van der Waals surface area contributed by atoms with Gasteiger partial charge in [0.2, 0.25) is 0 Å². The summed E-state index contributed by atoms with van der Waals surface area (Å²) in [5.74, 6) is 8.73. The Morgan fingerprint density at radius 2 is 1.87 bits per heavy atom. The first kappa shape index (κ1) is 14.8. The number of carbonyl (C=O) groups is 1. The lowest BCUT2D eigenvalue weighted by atomic mass is 9.92. The molecule has 112 valence electrons. The zero-order valence-corrected chi connectivity index (χ0v) is 12.5. The van der Waals surface area contributed by atoms with Crippen LogP contribution in [0.4, 0.5) is 4.79 Å². The van der Waals surface area contributed by atoms with E-state index >= 15 is 0 Å². The molecule has 2 aromatic rings. The van der Waals surface area contributed by atoms with Gasteiger partial charge in [0.05, 0.1) is 6.54 Å². The second-order valence-corrected chi connectivity index (χ2v) is 5.15. The molecule has 23 heavy (non-hydrogen) atoms. The van der Waals surface area contributed by atoms with Crippen molar-refractivity contribution in [2.24, 2.45) is 0 Å². The number of fused-ring (bicyclic) bond motifs is 2. The summed E-state index contributed by atoms with van der Waals surface area (Å²) in [6.07, 6.45) is 4.81. The molecule has 1 aliphatic rings. The first-order chi connectivity index (χ1) is 11.3. The average Bonchev–Trinajstić information content (AvgIpc) is 2.57. The van der Waals surface area contributed by atoms with Crippen LogP contribution in [-0.4, -0.2) is 12.6 Å². The molecule has 0 fully saturated rings. The first-order valence-corrected chi connectivity index (χ1v) is 7.34. The highest BCUT2D eigenvalue weighted by molar-refractivity contribution is 5.68. The standard InChI is InChI=1S/C20H15NO2/c1-2-13-21-20(22)23-19-14-17-9-4-3-7-15(17)11-12-16-8-5-6-10-18(16)19/h1,3-10,19H,13-14H2,(H,21,22). The maximum Gasteiger partial charge on any atom is 0.408 e. The summed E-state index contributed by atoms with van der Waals surface area (Å²) in [5, 5.41) is 2.54. The zero-order chi connectivity index (χ0) is 16.1. The van der Waals surface area contributed by atoms with E-state index in [9.17, 15) is 4.79 Å². The van der Waals surface area contributed by atoms with Crippen molar-refractivity contribution in [2.75, 3.05) is 6.54 Å². The number of rotatable bonds is 2. The fraction of sp³-hybridized carbons (Fsp3) is 0.150. The molecule has 3 rings (SSSR count). The van der Waals surface area contributed by atoms with Crippen molar-refractivity contribution < 1.29 is 9.53 Å². The van der Waals surface area contributed by atoms with Gasteiger partial charge in [-0.2, -0.15) is 0 Å². The van der Waals surface area contributed by atoms with Crippen LogP contribution < -0.4 is 5.32 Å². The smallest absolute Gasteiger partial charge is 0.408 e. The summed E-state index contributed by atoms with van der Waals surface area (Å²) >= 11 is 0. The van der Waals surface area contributed by atoms with Crippen molar-refractivity contribution in [1.82, 2.24) is 5.32 Å². The van der Waals surface area contributed by atoms with Crippen LogP contribution in [0.15, 0.2) is 48.5 Å². The van der Waals surface area contributed by atoms with Crippen LogP contribution in [0, 0.1) is 24.2 Å². The van der Waals surface area contributed by atoms with Crippen molar-refractivity contribution in [2.45, 2.75) is 12.5 Å². The van der Waals surface area contributed by atoms with Gasteiger partial charge in [-0.1, -0.05) is 54.2 Å². The van der Waals surface area contributed by atoms with Crippen molar-refractivity contribution >= 4 is 6.09 Å². The fourth-order valence-electron chi connectivity index (χ4n) is 2.56. The number of amides is 1. The summed E-state index contributed by atoms with van der Waals surface area (Å²) in [6, 6.07) is 15.6. The molecule has 0 saturated heterocycles. The maximum absolute atomic E-state index is 11.9. The lowest BCUT2D eigenvalue weighted by molar-refractivity contribution is 0.0983. The molecule has 1 aliphatic carbocycles. The molecule has 0 aromatic heterocycles. The van der Waals surface area contributed by atoms with Gasteiger partial charge in [0.1, 0.15) is 6.10 Å². The molecule has 1 atom stereocenters. The molecular formula is C20H15NO2.